The molecule has 0 saturated carbocycles. The van der Waals surface area contributed by atoms with Crippen molar-refractivity contribution in [3.63, 3.8) is 0 Å². The van der Waals surface area contributed by atoms with Gasteiger partial charge in [0.1, 0.15) is 5.75 Å². The summed E-state index contributed by atoms with van der Waals surface area (Å²) >= 11 is 0. The monoisotopic (exact) mass is 312 g/mol. The van der Waals surface area contributed by atoms with Gasteiger partial charge in [0, 0.05) is 24.3 Å². The molecule has 2 aromatic rings. The van der Waals surface area contributed by atoms with Gasteiger partial charge in [-0.3, -0.25) is 4.90 Å². The van der Waals surface area contributed by atoms with Gasteiger partial charge in [0.15, 0.2) is 5.75 Å². The second kappa shape index (κ2) is 6.20. The fourth-order valence-corrected chi connectivity index (χ4v) is 2.87. The van der Waals surface area contributed by atoms with E-state index in [2.05, 4.69) is 18.7 Å². The third-order valence-corrected chi connectivity index (χ3v) is 4.11. The summed E-state index contributed by atoms with van der Waals surface area (Å²) in [7, 11) is 0. The van der Waals surface area contributed by atoms with Gasteiger partial charge >= 0.3 is 6.09 Å². The molecule has 1 heterocycles. The quantitative estimate of drug-likeness (QED) is 0.917. The van der Waals surface area contributed by atoms with E-state index in [1.807, 2.05) is 42.5 Å². The van der Waals surface area contributed by atoms with E-state index in [0.717, 1.165) is 24.3 Å². The predicted octanol–water partition coefficient (Wildman–Crippen LogP) is 4.32. The Kier molecular flexibility index (Phi) is 4.10. The minimum Gasteiger partial charge on any atom is -0.465 e. The molecule has 0 spiro atoms. The summed E-state index contributed by atoms with van der Waals surface area (Å²) in [5.41, 5.74) is 2.43. The molecular weight excluding hydrogens is 292 g/mol. The number of para-hydroxylation sites is 1. The van der Waals surface area contributed by atoms with E-state index < -0.39 is 6.09 Å². The Morgan fingerprint density at radius 2 is 1.91 bits per heavy atom. The SMILES string of the molecule is CCN(CC)c1ccc2c(c1)N(C(=O)O)Cc1ccccc1O2. The minimum atomic E-state index is -0.983. The topological polar surface area (TPSA) is 53.0 Å². The zero-order chi connectivity index (χ0) is 16.4. The number of hydrogen-bond donors (Lipinski definition) is 1. The van der Waals surface area contributed by atoms with E-state index in [4.69, 9.17) is 4.74 Å². The van der Waals surface area contributed by atoms with Crippen LogP contribution in [-0.2, 0) is 6.54 Å². The molecule has 5 heteroatoms. The molecule has 0 unspecified atom stereocenters. The van der Waals surface area contributed by atoms with Crippen molar-refractivity contribution in [3.05, 3.63) is 48.0 Å². The van der Waals surface area contributed by atoms with Gasteiger partial charge in [-0.2, -0.15) is 0 Å². The van der Waals surface area contributed by atoms with Crippen LogP contribution in [0.2, 0.25) is 0 Å². The maximum Gasteiger partial charge on any atom is 0.412 e. The van der Waals surface area contributed by atoms with Gasteiger partial charge in [0.05, 0.1) is 12.2 Å². The van der Waals surface area contributed by atoms with Gasteiger partial charge in [0.2, 0.25) is 0 Å². The van der Waals surface area contributed by atoms with Crippen LogP contribution < -0.4 is 14.5 Å². The second-order valence-electron chi connectivity index (χ2n) is 5.40. The number of rotatable bonds is 3. The summed E-state index contributed by atoms with van der Waals surface area (Å²) in [6.07, 6.45) is -0.983. The molecule has 1 aliphatic heterocycles. The average Bonchev–Trinajstić information content (AvgIpc) is 2.72. The van der Waals surface area contributed by atoms with E-state index in [1.165, 1.54) is 4.90 Å². The van der Waals surface area contributed by atoms with Crippen LogP contribution in [0.3, 0.4) is 0 Å². The Labute approximate surface area is 135 Å². The molecule has 0 saturated heterocycles. The highest BCUT2D eigenvalue weighted by Crippen LogP contribution is 2.40. The average molecular weight is 312 g/mol. The first kappa shape index (κ1) is 15.2. The highest BCUT2D eigenvalue weighted by molar-refractivity contribution is 5.90. The highest BCUT2D eigenvalue weighted by Gasteiger charge is 2.25. The maximum atomic E-state index is 11.8. The molecule has 3 rings (SSSR count). The zero-order valence-corrected chi connectivity index (χ0v) is 13.3. The molecular formula is C18H20N2O3. The Bertz CT molecular complexity index is 726. The summed E-state index contributed by atoms with van der Waals surface area (Å²) in [5.74, 6) is 1.27. The van der Waals surface area contributed by atoms with Crippen LogP contribution in [0.25, 0.3) is 0 Å². The van der Waals surface area contributed by atoms with E-state index in [1.54, 1.807) is 0 Å². The third kappa shape index (κ3) is 2.82. The Hall–Kier alpha value is -2.69. The van der Waals surface area contributed by atoms with Crippen LogP contribution in [0.4, 0.5) is 16.2 Å². The number of fused-ring (bicyclic) bond motifs is 2. The lowest BCUT2D eigenvalue weighted by Crippen LogP contribution is -2.28. The molecule has 2 aromatic carbocycles. The maximum absolute atomic E-state index is 11.8. The first-order valence-corrected chi connectivity index (χ1v) is 7.79. The lowest BCUT2D eigenvalue weighted by Gasteiger charge is -2.24. The number of ether oxygens (including phenoxy) is 1. The Morgan fingerprint density at radius 3 is 2.61 bits per heavy atom. The fraction of sp³-hybridized carbons (Fsp3) is 0.278. The van der Waals surface area contributed by atoms with Crippen molar-refractivity contribution in [3.8, 4) is 11.5 Å². The molecule has 1 amide bonds. The van der Waals surface area contributed by atoms with Crippen molar-refractivity contribution in [2.45, 2.75) is 20.4 Å². The van der Waals surface area contributed by atoms with Gasteiger partial charge in [-0.1, -0.05) is 18.2 Å². The molecule has 23 heavy (non-hydrogen) atoms. The van der Waals surface area contributed by atoms with Crippen LogP contribution >= 0.6 is 0 Å². The summed E-state index contributed by atoms with van der Waals surface area (Å²) in [6.45, 7) is 6.17. The normalized spacial score (nSPS) is 12.7. The fourth-order valence-electron chi connectivity index (χ4n) is 2.87. The van der Waals surface area contributed by atoms with Crippen LogP contribution in [-0.4, -0.2) is 24.3 Å². The largest absolute Gasteiger partial charge is 0.465 e. The molecule has 0 atom stereocenters. The number of nitrogens with zero attached hydrogens (tertiary/aromatic N) is 2. The van der Waals surface area contributed by atoms with Crippen LogP contribution in [0.15, 0.2) is 42.5 Å². The lowest BCUT2D eigenvalue weighted by atomic mass is 10.2. The van der Waals surface area contributed by atoms with Crippen molar-refractivity contribution in [2.75, 3.05) is 22.9 Å². The highest BCUT2D eigenvalue weighted by atomic mass is 16.5. The molecule has 0 bridgehead atoms. The molecule has 5 nitrogen and oxygen atoms in total. The van der Waals surface area contributed by atoms with E-state index in [9.17, 15) is 9.90 Å². The molecule has 0 fully saturated rings. The van der Waals surface area contributed by atoms with Crippen molar-refractivity contribution in [1.82, 2.24) is 0 Å². The number of benzene rings is 2. The lowest BCUT2D eigenvalue weighted by molar-refractivity contribution is 0.201. The summed E-state index contributed by atoms with van der Waals surface area (Å²) in [5, 5.41) is 9.64. The van der Waals surface area contributed by atoms with Gasteiger partial charge in [0.25, 0.3) is 0 Å². The van der Waals surface area contributed by atoms with Gasteiger partial charge < -0.3 is 14.7 Å². The molecule has 0 aliphatic carbocycles. The van der Waals surface area contributed by atoms with Crippen LogP contribution in [0, 0.1) is 0 Å². The van der Waals surface area contributed by atoms with E-state index in [-0.39, 0.29) is 6.54 Å². The molecule has 0 radical (unpaired) electrons. The smallest absolute Gasteiger partial charge is 0.412 e. The standard InChI is InChI=1S/C18H20N2O3/c1-3-19(4-2)14-9-10-17-15(11-14)20(18(21)22)12-13-7-5-6-8-16(13)23-17/h5-11H,3-4,12H2,1-2H3,(H,21,22). The van der Waals surface area contributed by atoms with Gasteiger partial charge in [-0.25, -0.2) is 4.79 Å². The number of hydrogen-bond acceptors (Lipinski definition) is 3. The van der Waals surface area contributed by atoms with Crippen molar-refractivity contribution in [1.29, 1.82) is 0 Å². The predicted molar refractivity (Wildman–Crippen MR) is 90.7 cm³/mol. The van der Waals surface area contributed by atoms with Crippen LogP contribution in [0.1, 0.15) is 19.4 Å². The van der Waals surface area contributed by atoms with Crippen molar-refractivity contribution >= 4 is 17.5 Å². The number of carboxylic acid groups (broad SMARTS) is 1. The van der Waals surface area contributed by atoms with E-state index in [0.29, 0.717) is 17.2 Å². The molecule has 1 aliphatic rings. The third-order valence-electron chi connectivity index (χ3n) is 4.11. The van der Waals surface area contributed by atoms with Crippen molar-refractivity contribution in [2.24, 2.45) is 0 Å². The number of anilines is 2. The van der Waals surface area contributed by atoms with Crippen LogP contribution in [0.5, 0.6) is 11.5 Å². The van der Waals surface area contributed by atoms with Crippen molar-refractivity contribution < 1.29 is 14.6 Å². The first-order valence-electron chi connectivity index (χ1n) is 7.79. The zero-order valence-electron chi connectivity index (χ0n) is 13.3. The minimum absolute atomic E-state index is 0.278. The van der Waals surface area contributed by atoms with E-state index >= 15 is 0 Å². The summed E-state index contributed by atoms with van der Waals surface area (Å²) in [4.78, 5) is 15.3. The molecule has 0 aromatic heterocycles. The summed E-state index contributed by atoms with van der Waals surface area (Å²) in [6, 6.07) is 13.2. The molecule has 120 valence electrons. The van der Waals surface area contributed by atoms with Gasteiger partial charge in [-0.05, 0) is 38.1 Å². The first-order chi connectivity index (χ1) is 11.1. The van der Waals surface area contributed by atoms with Gasteiger partial charge in [-0.15, -0.1) is 0 Å². The Balaban J connectivity index is 2.10. The number of amides is 1. The number of carbonyl (C=O) groups is 1. The molecule has 1 N–H and O–H groups in total. The second-order valence-corrected chi connectivity index (χ2v) is 5.40. The summed E-state index contributed by atoms with van der Waals surface area (Å²) < 4.78 is 5.96. The Morgan fingerprint density at radius 1 is 1.17 bits per heavy atom.